The molecule has 0 aromatic carbocycles. The van der Waals surface area contributed by atoms with E-state index in [0.717, 1.165) is 12.8 Å². The smallest absolute Gasteiger partial charge is 0.265 e. The molecule has 0 amide bonds. The van der Waals surface area contributed by atoms with Crippen molar-refractivity contribution in [3.63, 3.8) is 0 Å². The Morgan fingerprint density at radius 3 is 3.10 bits per heavy atom. The van der Waals surface area contributed by atoms with Gasteiger partial charge in [0.25, 0.3) is 5.56 Å². The van der Waals surface area contributed by atoms with Crippen LogP contribution in [0.3, 0.4) is 0 Å². The molecule has 2 atom stereocenters. The number of nitrogens with zero attached hydrogens (tertiary/aromatic N) is 3. The summed E-state index contributed by atoms with van der Waals surface area (Å²) in [6.07, 6.45) is 3.96. The van der Waals surface area contributed by atoms with Gasteiger partial charge in [-0.3, -0.25) is 4.79 Å². The van der Waals surface area contributed by atoms with Crippen molar-refractivity contribution in [3.05, 3.63) is 28.7 Å². The van der Waals surface area contributed by atoms with Gasteiger partial charge >= 0.3 is 0 Å². The van der Waals surface area contributed by atoms with Crippen LogP contribution in [-0.2, 0) is 16.5 Å². The number of rotatable bonds is 3. The lowest BCUT2D eigenvalue weighted by Gasteiger charge is -2.15. The molecule has 7 heteroatoms. The zero-order valence-corrected chi connectivity index (χ0v) is 11.4. The Bertz CT molecular complexity index is 694. The first-order chi connectivity index (χ1) is 9.61. The van der Waals surface area contributed by atoms with E-state index in [1.165, 1.54) is 17.1 Å². The predicted molar refractivity (Wildman–Crippen MR) is 70.0 cm³/mol. The van der Waals surface area contributed by atoms with Gasteiger partial charge < -0.3 is 18.6 Å². The Labute approximate surface area is 114 Å². The van der Waals surface area contributed by atoms with E-state index in [4.69, 9.17) is 9.47 Å². The molecule has 6 nitrogen and oxygen atoms in total. The molecule has 2 aromatic rings. The fraction of sp³-hybridized carbons (Fsp3) is 0.538. The maximum absolute atomic E-state index is 14.0. The second kappa shape index (κ2) is 4.99. The number of ether oxygens (including phenoxy) is 2. The Hall–Kier alpha value is -1.73. The maximum atomic E-state index is 14.0. The second-order valence-corrected chi connectivity index (χ2v) is 4.99. The van der Waals surface area contributed by atoms with E-state index in [9.17, 15) is 9.18 Å². The van der Waals surface area contributed by atoms with Crippen molar-refractivity contribution in [2.75, 3.05) is 13.7 Å². The fourth-order valence-electron chi connectivity index (χ4n) is 2.60. The van der Waals surface area contributed by atoms with Crippen LogP contribution < -0.4 is 5.56 Å². The van der Waals surface area contributed by atoms with E-state index >= 15 is 0 Å². The molecule has 1 fully saturated rings. The summed E-state index contributed by atoms with van der Waals surface area (Å²) in [5.74, 6) is -0.563. The molecule has 0 unspecified atom stereocenters. The first-order valence-corrected chi connectivity index (χ1v) is 6.48. The van der Waals surface area contributed by atoms with Crippen molar-refractivity contribution in [1.29, 1.82) is 0 Å². The van der Waals surface area contributed by atoms with Crippen LogP contribution in [0.25, 0.3) is 11.0 Å². The van der Waals surface area contributed by atoms with Crippen molar-refractivity contribution in [2.24, 2.45) is 7.05 Å². The summed E-state index contributed by atoms with van der Waals surface area (Å²) in [4.78, 5) is 16.1. The molecule has 2 aromatic heterocycles. The summed E-state index contributed by atoms with van der Waals surface area (Å²) in [6.45, 7) is 0.507. The van der Waals surface area contributed by atoms with E-state index < -0.39 is 11.4 Å². The molecule has 1 saturated heterocycles. The van der Waals surface area contributed by atoms with Crippen LogP contribution in [-0.4, -0.2) is 33.9 Å². The third-order valence-electron chi connectivity index (χ3n) is 3.59. The van der Waals surface area contributed by atoms with Crippen molar-refractivity contribution >= 4 is 11.0 Å². The molecular formula is C13H16FN3O3. The van der Waals surface area contributed by atoms with Crippen LogP contribution in [0.2, 0.25) is 0 Å². The van der Waals surface area contributed by atoms with E-state index in [-0.39, 0.29) is 17.7 Å². The molecule has 0 radical (unpaired) electrons. The maximum Gasteiger partial charge on any atom is 0.265 e. The summed E-state index contributed by atoms with van der Waals surface area (Å²) in [7, 11) is 3.17. The fourth-order valence-corrected chi connectivity index (χ4v) is 2.60. The third-order valence-corrected chi connectivity index (χ3v) is 3.59. The Kier molecular flexibility index (Phi) is 3.31. The van der Waals surface area contributed by atoms with Crippen molar-refractivity contribution in [1.82, 2.24) is 14.1 Å². The number of methoxy groups -OCH3 is 1. The Balaban J connectivity index is 2.02. The summed E-state index contributed by atoms with van der Waals surface area (Å²) in [5.41, 5.74) is -0.0636. The highest BCUT2D eigenvalue weighted by atomic mass is 19.1. The van der Waals surface area contributed by atoms with Gasteiger partial charge in [-0.1, -0.05) is 0 Å². The average Bonchev–Trinajstić information content (AvgIpc) is 2.99. The van der Waals surface area contributed by atoms with Crippen molar-refractivity contribution in [3.8, 4) is 0 Å². The lowest BCUT2D eigenvalue weighted by atomic mass is 10.2. The first-order valence-electron chi connectivity index (χ1n) is 6.48. The molecule has 0 aliphatic carbocycles. The van der Waals surface area contributed by atoms with Crippen molar-refractivity contribution < 1.29 is 13.9 Å². The SMILES string of the molecule is COC[C@@H]1CC[C@H](n2cc(F)c3c(=O)n(C)cnc32)O1. The van der Waals surface area contributed by atoms with Gasteiger partial charge in [0.15, 0.2) is 11.5 Å². The van der Waals surface area contributed by atoms with Gasteiger partial charge in [-0.05, 0) is 12.8 Å². The van der Waals surface area contributed by atoms with Gasteiger partial charge in [-0.2, -0.15) is 0 Å². The van der Waals surface area contributed by atoms with Gasteiger partial charge in [-0.15, -0.1) is 0 Å². The van der Waals surface area contributed by atoms with Crippen molar-refractivity contribution in [2.45, 2.75) is 25.2 Å². The quantitative estimate of drug-likeness (QED) is 0.848. The normalized spacial score (nSPS) is 22.8. The monoisotopic (exact) mass is 281 g/mol. The number of aromatic nitrogens is 3. The predicted octanol–water partition coefficient (Wildman–Crippen LogP) is 1.20. The minimum atomic E-state index is -0.563. The summed E-state index contributed by atoms with van der Waals surface area (Å²) in [6, 6.07) is 0. The average molecular weight is 281 g/mol. The van der Waals surface area contributed by atoms with E-state index in [1.807, 2.05) is 0 Å². The Morgan fingerprint density at radius 1 is 1.55 bits per heavy atom. The summed E-state index contributed by atoms with van der Waals surface area (Å²) < 4.78 is 27.7. The van der Waals surface area contributed by atoms with Crippen LogP contribution in [0.4, 0.5) is 4.39 Å². The van der Waals surface area contributed by atoms with E-state index in [1.54, 1.807) is 18.7 Å². The number of aryl methyl sites for hydroxylation is 1. The minimum Gasteiger partial charge on any atom is -0.382 e. The van der Waals surface area contributed by atoms with Gasteiger partial charge in [0.1, 0.15) is 11.6 Å². The molecule has 3 heterocycles. The molecule has 0 saturated carbocycles. The molecule has 1 aliphatic rings. The minimum absolute atomic E-state index is 0.00273. The number of hydrogen-bond donors (Lipinski definition) is 0. The molecule has 3 rings (SSSR count). The van der Waals surface area contributed by atoms with E-state index in [2.05, 4.69) is 4.98 Å². The lowest BCUT2D eigenvalue weighted by molar-refractivity contribution is -0.0300. The highest BCUT2D eigenvalue weighted by molar-refractivity contribution is 5.75. The summed E-state index contributed by atoms with van der Waals surface area (Å²) >= 11 is 0. The molecular weight excluding hydrogens is 265 g/mol. The van der Waals surface area contributed by atoms with Crippen LogP contribution in [0.5, 0.6) is 0 Å². The van der Waals surface area contributed by atoms with Gasteiger partial charge in [0, 0.05) is 20.4 Å². The Morgan fingerprint density at radius 2 is 2.35 bits per heavy atom. The van der Waals surface area contributed by atoms with Crippen LogP contribution in [0, 0.1) is 5.82 Å². The highest BCUT2D eigenvalue weighted by Gasteiger charge is 2.29. The van der Waals surface area contributed by atoms with Gasteiger partial charge in [0.2, 0.25) is 0 Å². The van der Waals surface area contributed by atoms with Gasteiger partial charge in [0.05, 0.1) is 19.0 Å². The summed E-state index contributed by atoms with van der Waals surface area (Å²) in [5, 5.41) is 0.00814. The number of halogens is 1. The molecule has 0 bridgehead atoms. The van der Waals surface area contributed by atoms with Crippen LogP contribution in [0.15, 0.2) is 17.3 Å². The van der Waals surface area contributed by atoms with Gasteiger partial charge in [-0.25, -0.2) is 9.37 Å². The van der Waals surface area contributed by atoms with Crippen LogP contribution >= 0.6 is 0 Å². The molecule has 0 spiro atoms. The number of hydrogen-bond acceptors (Lipinski definition) is 4. The molecule has 20 heavy (non-hydrogen) atoms. The van der Waals surface area contributed by atoms with E-state index in [0.29, 0.717) is 12.3 Å². The molecule has 0 N–H and O–H groups in total. The first kappa shape index (κ1) is 13.3. The van der Waals surface area contributed by atoms with Crippen LogP contribution in [0.1, 0.15) is 19.1 Å². The molecule has 108 valence electrons. The highest BCUT2D eigenvalue weighted by Crippen LogP contribution is 2.31. The zero-order valence-electron chi connectivity index (χ0n) is 11.4. The zero-order chi connectivity index (χ0) is 14.3. The topological polar surface area (TPSA) is 58.3 Å². The molecule has 1 aliphatic heterocycles. The number of fused-ring (bicyclic) bond motifs is 1. The third kappa shape index (κ3) is 2.03. The lowest BCUT2D eigenvalue weighted by Crippen LogP contribution is -2.19. The standard InChI is InChI=1S/C13H16FN3O3/c1-16-7-15-12-11(13(16)18)9(14)5-17(12)10-4-3-8(20-10)6-19-2/h5,7-8,10H,3-4,6H2,1-2H3/t8-,10+/m0/s1. The second-order valence-electron chi connectivity index (χ2n) is 4.99. The largest absolute Gasteiger partial charge is 0.382 e.